The molecule has 6 heteroatoms. The van der Waals surface area contributed by atoms with Crippen LogP contribution in [0.15, 0.2) is 30.3 Å². The number of hydrogen-bond acceptors (Lipinski definition) is 3. The SMILES string of the molecule is CC(=O)NCCCC[C@@H]1NC(=O)N(CCc2ccccc2)C1=O. The summed E-state index contributed by atoms with van der Waals surface area (Å²) in [7, 11) is 0. The first-order chi connectivity index (χ1) is 11.1. The first-order valence-corrected chi connectivity index (χ1v) is 7.98. The van der Waals surface area contributed by atoms with Crippen LogP contribution in [0, 0.1) is 0 Å². The Hall–Kier alpha value is -2.37. The van der Waals surface area contributed by atoms with Gasteiger partial charge in [0, 0.05) is 20.0 Å². The Morgan fingerprint density at radius 2 is 1.96 bits per heavy atom. The second-order valence-corrected chi connectivity index (χ2v) is 5.71. The standard InChI is InChI=1S/C17H23N3O3/c1-13(21)18-11-6-5-9-15-16(22)20(17(23)19-15)12-10-14-7-3-2-4-8-14/h2-4,7-8,15H,5-6,9-12H2,1H3,(H,18,21)(H,19,23)/t15-/m0/s1. The fraction of sp³-hybridized carbons (Fsp3) is 0.471. The minimum Gasteiger partial charge on any atom is -0.356 e. The molecular weight excluding hydrogens is 294 g/mol. The van der Waals surface area contributed by atoms with Gasteiger partial charge in [0.25, 0.3) is 5.91 Å². The van der Waals surface area contributed by atoms with Crippen molar-refractivity contribution in [1.82, 2.24) is 15.5 Å². The quantitative estimate of drug-likeness (QED) is 0.563. The summed E-state index contributed by atoms with van der Waals surface area (Å²) in [5.74, 6) is -0.201. The summed E-state index contributed by atoms with van der Waals surface area (Å²) in [5, 5.41) is 5.46. The zero-order valence-corrected chi connectivity index (χ0v) is 13.4. The molecule has 1 fully saturated rings. The van der Waals surface area contributed by atoms with Crippen molar-refractivity contribution >= 4 is 17.8 Å². The first kappa shape index (κ1) is 17.0. The van der Waals surface area contributed by atoms with Gasteiger partial charge in [-0.1, -0.05) is 30.3 Å². The first-order valence-electron chi connectivity index (χ1n) is 7.98. The van der Waals surface area contributed by atoms with Crippen molar-refractivity contribution in [2.45, 2.75) is 38.6 Å². The van der Waals surface area contributed by atoms with E-state index in [1.807, 2.05) is 30.3 Å². The molecule has 2 N–H and O–H groups in total. The minimum absolute atomic E-state index is 0.0534. The fourth-order valence-corrected chi connectivity index (χ4v) is 2.61. The Morgan fingerprint density at radius 1 is 1.22 bits per heavy atom. The summed E-state index contributed by atoms with van der Waals surface area (Å²) in [6.45, 7) is 2.48. The topological polar surface area (TPSA) is 78.5 Å². The molecule has 1 aromatic carbocycles. The van der Waals surface area contributed by atoms with Crippen LogP contribution < -0.4 is 10.6 Å². The molecule has 0 unspecified atom stereocenters. The van der Waals surface area contributed by atoms with E-state index in [9.17, 15) is 14.4 Å². The molecule has 0 radical (unpaired) electrons. The average molecular weight is 317 g/mol. The number of carbonyl (C=O) groups excluding carboxylic acids is 3. The van der Waals surface area contributed by atoms with E-state index in [0.717, 1.165) is 18.4 Å². The van der Waals surface area contributed by atoms with Gasteiger partial charge in [0.05, 0.1) is 0 Å². The average Bonchev–Trinajstić information content (AvgIpc) is 2.80. The van der Waals surface area contributed by atoms with E-state index < -0.39 is 6.04 Å². The maximum Gasteiger partial charge on any atom is 0.324 e. The number of unbranched alkanes of at least 4 members (excludes halogenated alkanes) is 1. The van der Waals surface area contributed by atoms with Gasteiger partial charge in [0.1, 0.15) is 6.04 Å². The van der Waals surface area contributed by atoms with Crippen LogP contribution in [-0.4, -0.2) is 41.9 Å². The van der Waals surface area contributed by atoms with E-state index in [-0.39, 0.29) is 17.8 Å². The third kappa shape index (κ3) is 5.09. The Labute approximate surface area is 136 Å². The minimum atomic E-state index is -0.435. The largest absolute Gasteiger partial charge is 0.356 e. The van der Waals surface area contributed by atoms with Crippen molar-refractivity contribution < 1.29 is 14.4 Å². The summed E-state index contributed by atoms with van der Waals surface area (Å²) in [6.07, 6.45) is 2.84. The van der Waals surface area contributed by atoms with Crippen LogP contribution in [0.5, 0.6) is 0 Å². The van der Waals surface area contributed by atoms with E-state index in [4.69, 9.17) is 0 Å². The smallest absolute Gasteiger partial charge is 0.324 e. The molecule has 4 amide bonds. The van der Waals surface area contributed by atoms with Crippen molar-refractivity contribution in [1.29, 1.82) is 0 Å². The predicted octanol–water partition coefficient (Wildman–Crippen LogP) is 1.46. The molecule has 1 aliphatic rings. The van der Waals surface area contributed by atoms with Gasteiger partial charge in [-0.05, 0) is 31.2 Å². The zero-order chi connectivity index (χ0) is 16.7. The Balaban J connectivity index is 1.74. The monoisotopic (exact) mass is 317 g/mol. The molecule has 0 bridgehead atoms. The lowest BCUT2D eigenvalue weighted by Crippen LogP contribution is -2.33. The Morgan fingerprint density at radius 3 is 2.65 bits per heavy atom. The van der Waals surface area contributed by atoms with Gasteiger partial charge in [-0.15, -0.1) is 0 Å². The molecule has 6 nitrogen and oxygen atoms in total. The highest BCUT2D eigenvalue weighted by molar-refractivity contribution is 6.04. The summed E-state index contributed by atoms with van der Waals surface area (Å²) < 4.78 is 0. The molecule has 1 saturated heterocycles. The predicted molar refractivity (Wildman–Crippen MR) is 86.7 cm³/mol. The lowest BCUT2D eigenvalue weighted by Gasteiger charge is -2.13. The molecule has 1 atom stereocenters. The molecule has 1 aliphatic heterocycles. The molecule has 0 spiro atoms. The maximum absolute atomic E-state index is 12.3. The molecule has 0 aromatic heterocycles. The second-order valence-electron chi connectivity index (χ2n) is 5.71. The lowest BCUT2D eigenvalue weighted by atomic mass is 10.1. The third-order valence-corrected chi connectivity index (χ3v) is 3.87. The van der Waals surface area contributed by atoms with Crippen LogP contribution in [0.2, 0.25) is 0 Å². The third-order valence-electron chi connectivity index (χ3n) is 3.87. The normalized spacial score (nSPS) is 17.3. The summed E-state index contributed by atoms with van der Waals surface area (Å²) >= 11 is 0. The fourth-order valence-electron chi connectivity index (χ4n) is 2.61. The van der Waals surface area contributed by atoms with Crippen molar-refractivity contribution in [3.05, 3.63) is 35.9 Å². The molecular formula is C17H23N3O3. The van der Waals surface area contributed by atoms with E-state index in [1.54, 1.807) is 0 Å². The van der Waals surface area contributed by atoms with Crippen LogP contribution >= 0.6 is 0 Å². The number of nitrogens with zero attached hydrogens (tertiary/aromatic N) is 1. The van der Waals surface area contributed by atoms with Crippen molar-refractivity contribution in [3.63, 3.8) is 0 Å². The molecule has 2 rings (SSSR count). The van der Waals surface area contributed by atoms with Crippen LogP contribution in [0.3, 0.4) is 0 Å². The van der Waals surface area contributed by atoms with Crippen LogP contribution in [0.25, 0.3) is 0 Å². The van der Waals surface area contributed by atoms with Gasteiger partial charge in [-0.25, -0.2) is 4.79 Å². The number of benzene rings is 1. The van der Waals surface area contributed by atoms with Crippen molar-refractivity contribution in [2.24, 2.45) is 0 Å². The van der Waals surface area contributed by atoms with E-state index in [1.165, 1.54) is 11.8 Å². The summed E-state index contributed by atoms with van der Waals surface area (Å²) in [5.41, 5.74) is 1.10. The Kier molecular flexibility index (Phi) is 6.14. The van der Waals surface area contributed by atoms with Gasteiger partial charge in [-0.3, -0.25) is 14.5 Å². The van der Waals surface area contributed by atoms with E-state index >= 15 is 0 Å². The molecule has 23 heavy (non-hydrogen) atoms. The molecule has 124 valence electrons. The maximum atomic E-state index is 12.3. The molecule has 1 heterocycles. The summed E-state index contributed by atoms with van der Waals surface area (Å²) in [4.78, 5) is 36.3. The van der Waals surface area contributed by atoms with E-state index in [0.29, 0.717) is 25.9 Å². The second kappa shape index (κ2) is 8.31. The number of rotatable bonds is 8. The van der Waals surface area contributed by atoms with Crippen LogP contribution in [0.4, 0.5) is 4.79 Å². The van der Waals surface area contributed by atoms with Crippen LogP contribution in [-0.2, 0) is 16.0 Å². The molecule has 0 aliphatic carbocycles. The summed E-state index contributed by atoms with van der Waals surface area (Å²) in [6, 6.07) is 9.05. The van der Waals surface area contributed by atoms with Gasteiger partial charge in [0.2, 0.25) is 5.91 Å². The number of hydrogen-bond donors (Lipinski definition) is 2. The lowest BCUT2D eigenvalue weighted by molar-refractivity contribution is -0.127. The van der Waals surface area contributed by atoms with Crippen molar-refractivity contribution in [3.8, 4) is 0 Å². The number of nitrogens with one attached hydrogen (secondary N) is 2. The highest BCUT2D eigenvalue weighted by Gasteiger charge is 2.36. The van der Waals surface area contributed by atoms with E-state index in [2.05, 4.69) is 10.6 Å². The molecule has 0 saturated carbocycles. The Bertz CT molecular complexity index is 559. The number of imide groups is 1. The highest BCUT2D eigenvalue weighted by Crippen LogP contribution is 2.13. The molecule has 1 aromatic rings. The highest BCUT2D eigenvalue weighted by atomic mass is 16.2. The van der Waals surface area contributed by atoms with Crippen molar-refractivity contribution in [2.75, 3.05) is 13.1 Å². The number of amides is 4. The van der Waals surface area contributed by atoms with Gasteiger partial charge in [-0.2, -0.15) is 0 Å². The van der Waals surface area contributed by atoms with Crippen LogP contribution in [0.1, 0.15) is 31.7 Å². The number of urea groups is 1. The van der Waals surface area contributed by atoms with Gasteiger partial charge in [0.15, 0.2) is 0 Å². The zero-order valence-electron chi connectivity index (χ0n) is 13.4. The van der Waals surface area contributed by atoms with Gasteiger partial charge < -0.3 is 10.6 Å². The van der Waals surface area contributed by atoms with Gasteiger partial charge >= 0.3 is 6.03 Å². The number of carbonyl (C=O) groups is 3.